The highest BCUT2D eigenvalue weighted by atomic mass is 127. The van der Waals surface area contributed by atoms with E-state index in [-0.39, 0.29) is 5.57 Å². The first-order chi connectivity index (χ1) is 14.0. The van der Waals surface area contributed by atoms with Gasteiger partial charge in [0.1, 0.15) is 24.0 Å². The number of carbonyl (C=O) groups excluding carboxylic acids is 1. The zero-order valence-electron chi connectivity index (χ0n) is 15.2. The van der Waals surface area contributed by atoms with Crippen molar-refractivity contribution in [3.05, 3.63) is 97.5 Å². The quantitative estimate of drug-likeness (QED) is 0.223. The van der Waals surface area contributed by atoms with Crippen LogP contribution in [0.1, 0.15) is 11.1 Å². The molecule has 6 heteroatoms. The van der Waals surface area contributed by atoms with Crippen LogP contribution in [-0.2, 0) is 11.4 Å². The number of benzene rings is 3. The summed E-state index contributed by atoms with van der Waals surface area (Å²) in [6, 6.07) is 24.6. The van der Waals surface area contributed by atoms with Gasteiger partial charge in [-0.25, -0.2) is 0 Å². The predicted octanol–water partition coefficient (Wildman–Crippen LogP) is 6.18. The molecule has 0 fully saturated rings. The van der Waals surface area contributed by atoms with Crippen molar-refractivity contribution in [3.8, 4) is 11.8 Å². The molecule has 4 nitrogen and oxygen atoms in total. The number of rotatable bonds is 6. The number of halogens is 2. The summed E-state index contributed by atoms with van der Waals surface area (Å²) in [4.78, 5) is 12.4. The van der Waals surface area contributed by atoms with E-state index in [0.29, 0.717) is 12.3 Å². The maximum atomic E-state index is 12.4. The first-order valence-electron chi connectivity index (χ1n) is 8.69. The summed E-state index contributed by atoms with van der Waals surface area (Å²) in [5.74, 6) is 0.266. The highest BCUT2D eigenvalue weighted by Gasteiger charge is 2.10. The van der Waals surface area contributed by atoms with E-state index in [1.165, 1.54) is 3.57 Å². The minimum absolute atomic E-state index is 0.0255. The van der Waals surface area contributed by atoms with Gasteiger partial charge in [-0.05, 0) is 82.3 Å². The van der Waals surface area contributed by atoms with Gasteiger partial charge < -0.3 is 10.1 Å². The standard InChI is InChI=1S/C23H16BrIN2O2/c24-19-2-1-3-21(13-19)27-23(28)18(14-26)12-16-6-10-22(11-7-16)29-15-17-4-8-20(25)9-5-17/h1-13H,15H2,(H,27,28)/b18-12-. The van der Waals surface area contributed by atoms with Crippen molar-refractivity contribution >= 4 is 56.2 Å². The maximum absolute atomic E-state index is 12.4. The maximum Gasteiger partial charge on any atom is 0.266 e. The zero-order chi connectivity index (χ0) is 20.6. The van der Waals surface area contributed by atoms with E-state index < -0.39 is 5.91 Å². The van der Waals surface area contributed by atoms with Crippen LogP contribution in [0.2, 0.25) is 0 Å². The van der Waals surface area contributed by atoms with E-state index in [1.54, 1.807) is 18.2 Å². The topological polar surface area (TPSA) is 62.1 Å². The Morgan fingerprint density at radius 2 is 1.83 bits per heavy atom. The fourth-order valence-electron chi connectivity index (χ4n) is 2.49. The molecule has 0 aliphatic rings. The zero-order valence-corrected chi connectivity index (χ0v) is 19.0. The predicted molar refractivity (Wildman–Crippen MR) is 126 cm³/mol. The normalized spacial score (nSPS) is 10.9. The van der Waals surface area contributed by atoms with Gasteiger partial charge in [0.2, 0.25) is 0 Å². The highest BCUT2D eigenvalue weighted by Crippen LogP contribution is 2.19. The summed E-state index contributed by atoms with van der Waals surface area (Å²) in [5.41, 5.74) is 2.47. The van der Waals surface area contributed by atoms with E-state index in [2.05, 4.69) is 43.8 Å². The lowest BCUT2D eigenvalue weighted by molar-refractivity contribution is -0.112. The molecule has 0 aliphatic carbocycles. The molecule has 144 valence electrons. The number of amides is 1. The molecule has 3 aromatic rings. The molecule has 0 aliphatic heterocycles. The van der Waals surface area contributed by atoms with E-state index in [1.807, 2.05) is 66.7 Å². The van der Waals surface area contributed by atoms with Crippen LogP contribution in [0.4, 0.5) is 5.69 Å². The Labute approximate surface area is 191 Å². The van der Waals surface area contributed by atoms with Crippen LogP contribution in [-0.4, -0.2) is 5.91 Å². The molecule has 0 radical (unpaired) electrons. The van der Waals surface area contributed by atoms with Crippen LogP contribution in [0.25, 0.3) is 6.08 Å². The molecule has 3 aromatic carbocycles. The van der Waals surface area contributed by atoms with Crippen LogP contribution < -0.4 is 10.1 Å². The van der Waals surface area contributed by atoms with Crippen LogP contribution >= 0.6 is 38.5 Å². The minimum Gasteiger partial charge on any atom is -0.489 e. The van der Waals surface area contributed by atoms with Crippen molar-refractivity contribution in [1.82, 2.24) is 0 Å². The van der Waals surface area contributed by atoms with Gasteiger partial charge in [-0.1, -0.05) is 46.3 Å². The van der Waals surface area contributed by atoms with E-state index in [0.717, 1.165) is 21.3 Å². The molecule has 29 heavy (non-hydrogen) atoms. The molecular weight excluding hydrogens is 543 g/mol. The Hall–Kier alpha value is -2.63. The van der Waals surface area contributed by atoms with Crippen molar-refractivity contribution in [1.29, 1.82) is 5.26 Å². The van der Waals surface area contributed by atoms with Crippen molar-refractivity contribution < 1.29 is 9.53 Å². The van der Waals surface area contributed by atoms with Crippen LogP contribution in [0, 0.1) is 14.9 Å². The van der Waals surface area contributed by atoms with Gasteiger partial charge in [0.25, 0.3) is 5.91 Å². The largest absolute Gasteiger partial charge is 0.489 e. The Morgan fingerprint density at radius 1 is 1.10 bits per heavy atom. The molecule has 0 bridgehead atoms. The van der Waals surface area contributed by atoms with Gasteiger partial charge in [0.15, 0.2) is 0 Å². The second-order valence-corrected chi connectivity index (χ2v) is 8.28. The summed E-state index contributed by atoms with van der Waals surface area (Å²) in [7, 11) is 0. The molecule has 1 amide bonds. The van der Waals surface area contributed by atoms with Gasteiger partial charge in [-0.2, -0.15) is 5.26 Å². The average Bonchev–Trinajstić information content (AvgIpc) is 2.72. The fraction of sp³-hybridized carbons (Fsp3) is 0.0435. The number of hydrogen-bond donors (Lipinski definition) is 1. The summed E-state index contributed by atoms with van der Waals surface area (Å²) in [6.45, 7) is 0.477. The molecule has 3 rings (SSSR count). The van der Waals surface area contributed by atoms with Gasteiger partial charge in [-0.3, -0.25) is 4.79 Å². The third-order valence-electron chi connectivity index (χ3n) is 3.96. The molecule has 0 atom stereocenters. The summed E-state index contributed by atoms with van der Waals surface area (Å²) in [5, 5.41) is 12.1. The van der Waals surface area contributed by atoms with E-state index >= 15 is 0 Å². The smallest absolute Gasteiger partial charge is 0.266 e. The Kier molecular flexibility index (Phi) is 7.44. The lowest BCUT2D eigenvalue weighted by Gasteiger charge is -2.07. The third kappa shape index (κ3) is 6.44. The lowest BCUT2D eigenvalue weighted by Crippen LogP contribution is -2.13. The summed E-state index contributed by atoms with van der Waals surface area (Å²) >= 11 is 5.62. The van der Waals surface area contributed by atoms with Crippen molar-refractivity contribution in [2.75, 3.05) is 5.32 Å². The van der Waals surface area contributed by atoms with Gasteiger partial charge >= 0.3 is 0 Å². The molecule has 0 spiro atoms. The van der Waals surface area contributed by atoms with Crippen molar-refractivity contribution in [2.24, 2.45) is 0 Å². The van der Waals surface area contributed by atoms with E-state index in [9.17, 15) is 10.1 Å². The Morgan fingerprint density at radius 3 is 2.48 bits per heavy atom. The monoisotopic (exact) mass is 558 g/mol. The number of nitriles is 1. The molecule has 0 unspecified atom stereocenters. The molecule has 0 aromatic heterocycles. The number of nitrogens with zero attached hydrogens (tertiary/aromatic N) is 1. The number of nitrogens with one attached hydrogen (secondary N) is 1. The SMILES string of the molecule is N#C/C(=C/c1ccc(OCc2ccc(I)cc2)cc1)C(=O)Nc1cccc(Br)c1. The summed E-state index contributed by atoms with van der Waals surface area (Å²) in [6.07, 6.45) is 1.55. The first-order valence-corrected chi connectivity index (χ1v) is 10.6. The third-order valence-corrected chi connectivity index (χ3v) is 5.17. The second-order valence-electron chi connectivity index (χ2n) is 6.12. The van der Waals surface area contributed by atoms with Gasteiger partial charge in [0.05, 0.1) is 0 Å². The lowest BCUT2D eigenvalue weighted by atomic mass is 10.1. The minimum atomic E-state index is -0.454. The number of carbonyl (C=O) groups is 1. The molecular formula is C23H16BrIN2O2. The first kappa shape index (κ1) is 21.1. The van der Waals surface area contributed by atoms with Gasteiger partial charge in [-0.15, -0.1) is 0 Å². The molecule has 1 N–H and O–H groups in total. The van der Waals surface area contributed by atoms with E-state index in [4.69, 9.17) is 4.74 Å². The fourth-order valence-corrected chi connectivity index (χ4v) is 3.25. The molecule has 0 saturated carbocycles. The number of ether oxygens (including phenoxy) is 1. The Balaban J connectivity index is 1.64. The van der Waals surface area contributed by atoms with Gasteiger partial charge in [0, 0.05) is 13.7 Å². The van der Waals surface area contributed by atoms with Crippen molar-refractivity contribution in [2.45, 2.75) is 6.61 Å². The molecule has 0 saturated heterocycles. The second kappa shape index (κ2) is 10.2. The Bertz CT molecular complexity index is 1070. The van der Waals surface area contributed by atoms with Crippen molar-refractivity contribution in [3.63, 3.8) is 0 Å². The molecule has 0 heterocycles. The summed E-state index contributed by atoms with van der Waals surface area (Å²) < 4.78 is 7.81. The number of anilines is 1. The van der Waals surface area contributed by atoms with Crippen LogP contribution in [0.5, 0.6) is 5.75 Å². The highest BCUT2D eigenvalue weighted by molar-refractivity contribution is 14.1. The number of hydrogen-bond acceptors (Lipinski definition) is 3. The van der Waals surface area contributed by atoms with Crippen LogP contribution in [0.3, 0.4) is 0 Å². The average molecular weight is 559 g/mol. The van der Waals surface area contributed by atoms with Crippen LogP contribution in [0.15, 0.2) is 82.8 Å².